The Morgan fingerprint density at radius 3 is 2.41 bits per heavy atom. The molecule has 1 aromatic heterocycles. The van der Waals surface area contributed by atoms with Gasteiger partial charge in [-0.2, -0.15) is 4.98 Å². The lowest BCUT2D eigenvalue weighted by Crippen LogP contribution is -2.23. The van der Waals surface area contributed by atoms with Gasteiger partial charge in [-0.25, -0.2) is 0 Å². The number of aromatic nitrogens is 2. The molecule has 0 aliphatic rings. The van der Waals surface area contributed by atoms with Gasteiger partial charge >= 0.3 is 0 Å². The number of carbonyl (C=O) groups is 1. The molecule has 152 valence electrons. The number of nitrogens with zero attached hydrogens (tertiary/aromatic N) is 2. The summed E-state index contributed by atoms with van der Waals surface area (Å²) in [6, 6.07) is 14.5. The highest BCUT2D eigenvalue weighted by Gasteiger charge is 2.15. The Balaban J connectivity index is 1.52. The number of hydrogen-bond acceptors (Lipinski definition) is 4. The van der Waals surface area contributed by atoms with Crippen LogP contribution in [0, 0.1) is 13.8 Å². The van der Waals surface area contributed by atoms with Crippen molar-refractivity contribution < 1.29 is 9.32 Å². The maximum absolute atomic E-state index is 12.1. The minimum absolute atomic E-state index is 0.0301. The number of rotatable bonds is 6. The van der Waals surface area contributed by atoms with Crippen LogP contribution in [0.1, 0.15) is 55.3 Å². The van der Waals surface area contributed by atoms with Crippen molar-refractivity contribution in [3.05, 3.63) is 70.6 Å². The summed E-state index contributed by atoms with van der Waals surface area (Å²) in [6.45, 7) is 10.9. The molecule has 3 aromatic rings. The SMILES string of the molecule is Cc1ccc(CCC(=O)NCc2nc(-c3ccc(C(C)(C)C)cc3)no2)cc1C. The summed E-state index contributed by atoms with van der Waals surface area (Å²) in [7, 11) is 0. The van der Waals surface area contributed by atoms with Crippen molar-refractivity contribution in [2.75, 3.05) is 0 Å². The van der Waals surface area contributed by atoms with E-state index >= 15 is 0 Å². The lowest BCUT2D eigenvalue weighted by Gasteiger charge is -2.18. The molecule has 0 aliphatic carbocycles. The Morgan fingerprint density at radius 1 is 1.03 bits per heavy atom. The summed E-state index contributed by atoms with van der Waals surface area (Å²) in [4.78, 5) is 16.5. The van der Waals surface area contributed by atoms with E-state index in [1.54, 1.807) is 0 Å². The molecule has 5 nitrogen and oxygen atoms in total. The second-order valence-corrected chi connectivity index (χ2v) is 8.53. The molecule has 5 heteroatoms. The van der Waals surface area contributed by atoms with Crippen LogP contribution in [0.3, 0.4) is 0 Å². The summed E-state index contributed by atoms with van der Waals surface area (Å²) >= 11 is 0. The topological polar surface area (TPSA) is 68.0 Å². The molecule has 0 atom stereocenters. The van der Waals surface area contributed by atoms with E-state index in [0.29, 0.717) is 24.6 Å². The predicted octanol–water partition coefficient (Wildman–Crippen LogP) is 4.90. The van der Waals surface area contributed by atoms with Crippen LogP contribution in [-0.4, -0.2) is 16.0 Å². The van der Waals surface area contributed by atoms with Crippen LogP contribution in [0.4, 0.5) is 0 Å². The highest BCUT2D eigenvalue weighted by Crippen LogP contribution is 2.25. The molecule has 0 bridgehead atoms. The fraction of sp³-hybridized carbons (Fsp3) is 0.375. The number of hydrogen-bond donors (Lipinski definition) is 1. The number of carbonyl (C=O) groups excluding carboxylic acids is 1. The zero-order valence-corrected chi connectivity index (χ0v) is 17.9. The summed E-state index contributed by atoms with van der Waals surface area (Å²) < 4.78 is 5.28. The average molecular weight is 392 g/mol. The summed E-state index contributed by atoms with van der Waals surface area (Å²) in [5, 5.41) is 6.88. The third-order valence-corrected chi connectivity index (χ3v) is 5.13. The van der Waals surface area contributed by atoms with E-state index in [9.17, 15) is 4.79 Å². The van der Waals surface area contributed by atoms with Crippen LogP contribution in [0.25, 0.3) is 11.4 Å². The third kappa shape index (κ3) is 5.53. The summed E-state index contributed by atoms with van der Waals surface area (Å²) in [5.74, 6) is 0.904. The smallest absolute Gasteiger partial charge is 0.246 e. The molecule has 3 rings (SSSR count). The Labute approximate surface area is 172 Å². The lowest BCUT2D eigenvalue weighted by atomic mass is 9.87. The van der Waals surface area contributed by atoms with Crippen molar-refractivity contribution in [2.45, 2.75) is 59.4 Å². The molecule has 0 radical (unpaired) electrons. The molecule has 1 heterocycles. The van der Waals surface area contributed by atoms with Crippen LogP contribution >= 0.6 is 0 Å². The van der Waals surface area contributed by atoms with E-state index in [4.69, 9.17) is 4.52 Å². The molecule has 2 aromatic carbocycles. The molecule has 0 spiro atoms. The maximum Gasteiger partial charge on any atom is 0.246 e. The fourth-order valence-electron chi connectivity index (χ4n) is 3.04. The highest BCUT2D eigenvalue weighted by molar-refractivity contribution is 5.76. The van der Waals surface area contributed by atoms with E-state index in [1.165, 1.54) is 22.3 Å². The third-order valence-electron chi connectivity index (χ3n) is 5.13. The van der Waals surface area contributed by atoms with Crippen LogP contribution in [0.2, 0.25) is 0 Å². The van der Waals surface area contributed by atoms with Gasteiger partial charge in [-0.15, -0.1) is 0 Å². The first-order chi connectivity index (χ1) is 13.7. The zero-order chi connectivity index (χ0) is 21.0. The number of nitrogens with one attached hydrogen (secondary N) is 1. The first-order valence-electron chi connectivity index (χ1n) is 9.99. The fourth-order valence-corrected chi connectivity index (χ4v) is 3.04. The highest BCUT2D eigenvalue weighted by atomic mass is 16.5. The molecule has 29 heavy (non-hydrogen) atoms. The molecule has 1 amide bonds. The summed E-state index contributed by atoms with van der Waals surface area (Å²) in [5.41, 5.74) is 5.93. The van der Waals surface area contributed by atoms with Gasteiger partial charge in [0, 0.05) is 12.0 Å². The van der Waals surface area contributed by atoms with Gasteiger partial charge in [0.1, 0.15) is 0 Å². The maximum atomic E-state index is 12.1. The van der Waals surface area contributed by atoms with Crippen LogP contribution < -0.4 is 5.32 Å². The lowest BCUT2D eigenvalue weighted by molar-refractivity contribution is -0.121. The van der Waals surface area contributed by atoms with Gasteiger partial charge in [-0.05, 0) is 47.9 Å². The van der Waals surface area contributed by atoms with Crippen molar-refractivity contribution in [1.82, 2.24) is 15.5 Å². The van der Waals surface area contributed by atoms with Crippen molar-refractivity contribution >= 4 is 5.91 Å². The van der Waals surface area contributed by atoms with Crippen molar-refractivity contribution in [3.63, 3.8) is 0 Å². The second-order valence-electron chi connectivity index (χ2n) is 8.53. The van der Waals surface area contributed by atoms with Gasteiger partial charge in [0.05, 0.1) is 6.54 Å². The van der Waals surface area contributed by atoms with Gasteiger partial charge in [0.25, 0.3) is 0 Å². The van der Waals surface area contributed by atoms with E-state index in [2.05, 4.69) is 80.4 Å². The van der Waals surface area contributed by atoms with Crippen LogP contribution in [0.5, 0.6) is 0 Å². The molecular weight excluding hydrogens is 362 g/mol. The van der Waals surface area contributed by atoms with Gasteiger partial charge in [0.2, 0.25) is 17.6 Å². The Morgan fingerprint density at radius 2 is 1.76 bits per heavy atom. The van der Waals surface area contributed by atoms with Crippen molar-refractivity contribution in [1.29, 1.82) is 0 Å². The van der Waals surface area contributed by atoms with E-state index in [1.807, 2.05) is 12.1 Å². The molecule has 0 aliphatic heterocycles. The number of amides is 1. The van der Waals surface area contributed by atoms with Crippen LogP contribution in [-0.2, 0) is 23.2 Å². The molecule has 1 N–H and O–H groups in total. The summed E-state index contributed by atoms with van der Waals surface area (Å²) in [6.07, 6.45) is 1.14. The first-order valence-corrected chi connectivity index (χ1v) is 9.99. The average Bonchev–Trinajstić information content (AvgIpc) is 3.16. The Hall–Kier alpha value is -2.95. The molecule has 0 saturated carbocycles. The number of aryl methyl sites for hydroxylation is 3. The van der Waals surface area contributed by atoms with E-state index in [-0.39, 0.29) is 17.9 Å². The number of benzene rings is 2. The zero-order valence-electron chi connectivity index (χ0n) is 17.9. The Kier molecular flexibility index (Phi) is 6.16. The monoisotopic (exact) mass is 391 g/mol. The molecule has 0 saturated heterocycles. The van der Waals surface area contributed by atoms with E-state index < -0.39 is 0 Å². The molecule has 0 fully saturated rings. The van der Waals surface area contributed by atoms with Crippen molar-refractivity contribution in [2.24, 2.45) is 0 Å². The van der Waals surface area contributed by atoms with E-state index in [0.717, 1.165) is 5.56 Å². The largest absolute Gasteiger partial charge is 0.347 e. The normalized spacial score (nSPS) is 11.5. The van der Waals surface area contributed by atoms with Crippen molar-refractivity contribution in [3.8, 4) is 11.4 Å². The van der Waals surface area contributed by atoms with Gasteiger partial charge < -0.3 is 9.84 Å². The molecule has 0 unspecified atom stereocenters. The minimum atomic E-state index is -0.0301. The molecular formula is C24H29N3O2. The first kappa shape index (κ1) is 20.8. The minimum Gasteiger partial charge on any atom is -0.347 e. The van der Waals surface area contributed by atoms with Gasteiger partial charge in [0.15, 0.2) is 0 Å². The predicted molar refractivity (Wildman–Crippen MR) is 115 cm³/mol. The standard InChI is InChI=1S/C24H29N3O2/c1-16-6-7-18(14-17(16)2)8-13-21(28)25-15-22-26-23(27-29-22)19-9-11-20(12-10-19)24(3,4)5/h6-7,9-12,14H,8,13,15H2,1-5H3,(H,25,28). The van der Waals surface area contributed by atoms with Gasteiger partial charge in [-0.1, -0.05) is 68.4 Å². The van der Waals surface area contributed by atoms with Crippen LogP contribution in [0.15, 0.2) is 47.0 Å². The second kappa shape index (κ2) is 8.60. The van der Waals surface area contributed by atoms with Gasteiger partial charge in [-0.3, -0.25) is 4.79 Å². The quantitative estimate of drug-likeness (QED) is 0.649. The Bertz CT molecular complexity index is 982.